The highest BCUT2D eigenvalue weighted by molar-refractivity contribution is 8.00. The molecular formula is C12H11NO2S. The molecule has 0 fully saturated rings. The molecule has 0 radical (unpaired) electrons. The van der Waals surface area contributed by atoms with Gasteiger partial charge in [-0.2, -0.15) is 0 Å². The van der Waals surface area contributed by atoms with Gasteiger partial charge >= 0.3 is 5.97 Å². The van der Waals surface area contributed by atoms with Gasteiger partial charge in [0.2, 0.25) is 0 Å². The Labute approximate surface area is 97.5 Å². The fourth-order valence-electron chi connectivity index (χ4n) is 1.34. The van der Waals surface area contributed by atoms with E-state index in [2.05, 4.69) is 4.98 Å². The topological polar surface area (TPSA) is 50.2 Å². The number of aliphatic carboxylic acids is 1. The van der Waals surface area contributed by atoms with Gasteiger partial charge in [-0.1, -0.05) is 36.0 Å². The molecule has 0 aliphatic heterocycles. The van der Waals surface area contributed by atoms with Crippen molar-refractivity contribution < 1.29 is 9.90 Å². The average molecular weight is 233 g/mol. The van der Waals surface area contributed by atoms with E-state index in [0.29, 0.717) is 0 Å². The first-order chi connectivity index (χ1) is 7.66. The van der Waals surface area contributed by atoms with Crippen LogP contribution in [0.1, 0.15) is 6.92 Å². The van der Waals surface area contributed by atoms with Crippen LogP contribution < -0.4 is 0 Å². The van der Waals surface area contributed by atoms with Crippen LogP contribution in [0.5, 0.6) is 0 Å². The van der Waals surface area contributed by atoms with Crippen LogP contribution in [0.3, 0.4) is 0 Å². The molecule has 1 heterocycles. The van der Waals surface area contributed by atoms with Crippen LogP contribution in [0, 0.1) is 0 Å². The van der Waals surface area contributed by atoms with E-state index in [1.165, 1.54) is 11.8 Å². The lowest BCUT2D eigenvalue weighted by Crippen LogP contribution is -2.11. The first-order valence-corrected chi connectivity index (χ1v) is 5.80. The molecule has 1 aromatic heterocycles. The van der Waals surface area contributed by atoms with Gasteiger partial charge in [0, 0.05) is 5.39 Å². The number of rotatable bonds is 3. The summed E-state index contributed by atoms with van der Waals surface area (Å²) in [5.41, 5.74) is 0.894. The fourth-order valence-corrected chi connectivity index (χ4v) is 2.11. The van der Waals surface area contributed by atoms with Gasteiger partial charge in [-0.25, -0.2) is 4.98 Å². The van der Waals surface area contributed by atoms with E-state index in [1.807, 2.05) is 36.4 Å². The summed E-state index contributed by atoms with van der Waals surface area (Å²) in [6.45, 7) is 1.66. The quantitative estimate of drug-likeness (QED) is 0.828. The second-order valence-corrected chi connectivity index (χ2v) is 4.80. The van der Waals surface area contributed by atoms with Crippen LogP contribution in [0.4, 0.5) is 0 Å². The highest BCUT2D eigenvalue weighted by atomic mass is 32.2. The Kier molecular flexibility index (Phi) is 3.10. The van der Waals surface area contributed by atoms with E-state index in [-0.39, 0.29) is 0 Å². The molecule has 0 aliphatic carbocycles. The Bertz CT molecular complexity index is 527. The second kappa shape index (κ2) is 4.53. The van der Waals surface area contributed by atoms with Gasteiger partial charge in [-0.15, -0.1) is 0 Å². The molecule has 1 aromatic carbocycles. The maximum atomic E-state index is 10.7. The third kappa shape index (κ3) is 2.33. The number of pyridine rings is 1. The lowest BCUT2D eigenvalue weighted by atomic mass is 10.2. The molecule has 0 aliphatic rings. The van der Waals surface area contributed by atoms with Crippen LogP contribution in [0.2, 0.25) is 0 Å². The standard InChI is InChI=1S/C12H11NO2S/c1-8(12(14)15)16-11-7-6-9-4-2-3-5-10(9)13-11/h2-8H,1H3,(H,14,15)/t8-/m1/s1. The summed E-state index contributed by atoms with van der Waals surface area (Å²) < 4.78 is 0. The van der Waals surface area contributed by atoms with Crippen molar-refractivity contribution in [2.45, 2.75) is 17.2 Å². The van der Waals surface area contributed by atoms with Crippen molar-refractivity contribution in [3.63, 3.8) is 0 Å². The van der Waals surface area contributed by atoms with E-state index in [4.69, 9.17) is 5.11 Å². The maximum absolute atomic E-state index is 10.7. The van der Waals surface area contributed by atoms with Gasteiger partial charge in [0.25, 0.3) is 0 Å². The van der Waals surface area contributed by atoms with Gasteiger partial charge < -0.3 is 5.11 Å². The zero-order valence-corrected chi connectivity index (χ0v) is 9.57. The Morgan fingerprint density at radius 1 is 1.31 bits per heavy atom. The lowest BCUT2D eigenvalue weighted by Gasteiger charge is -2.05. The highest BCUT2D eigenvalue weighted by Gasteiger charge is 2.13. The van der Waals surface area contributed by atoms with Crippen molar-refractivity contribution in [1.82, 2.24) is 4.98 Å². The minimum atomic E-state index is -0.819. The van der Waals surface area contributed by atoms with Crippen LogP contribution in [-0.4, -0.2) is 21.3 Å². The van der Waals surface area contributed by atoms with Gasteiger partial charge in [0.05, 0.1) is 10.5 Å². The maximum Gasteiger partial charge on any atom is 0.316 e. The molecule has 0 saturated heterocycles. The minimum absolute atomic E-state index is 0.478. The number of nitrogens with zero attached hydrogens (tertiary/aromatic N) is 1. The van der Waals surface area contributed by atoms with Crippen LogP contribution in [0.15, 0.2) is 41.4 Å². The van der Waals surface area contributed by atoms with Crippen molar-refractivity contribution in [2.75, 3.05) is 0 Å². The Morgan fingerprint density at radius 2 is 2.06 bits per heavy atom. The summed E-state index contributed by atoms with van der Waals surface area (Å²) >= 11 is 1.26. The number of aromatic nitrogens is 1. The molecular weight excluding hydrogens is 222 g/mol. The third-order valence-corrected chi connectivity index (χ3v) is 3.24. The number of carbonyl (C=O) groups is 1. The van der Waals surface area contributed by atoms with E-state index in [0.717, 1.165) is 15.9 Å². The molecule has 0 spiro atoms. The number of carboxylic acid groups (broad SMARTS) is 1. The number of para-hydroxylation sites is 1. The van der Waals surface area contributed by atoms with Crippen molar-refractivity contribution in [3.8, 4) is 0 Å². The first kappa shape index (κ1) is 11.0. The summed E-state index contributed by atoms with van der Waals surface area (Å²) in [6, 6.07) is 11.6. The molecule has 0 bridgehead atoms. The molecule has 82 valence electrons. The summed E-state index contributed by atoms with van der Waals surface area (Å²) in [6.07, 6.45) is 0. The van der Waals surface area contributed by atoms with Crippen molar-refractivity contribution in [3.05, 3.63) is 36.4 Å². The molecule has 2 aromatic rings. The molecule has 4 heteroatoms. The zero-order chi connectivity index (χ0) is 11.5. The number of fused-ring (bicyclic) bond motifs is 1. The monoisotopic (exact) mass is 233 g/mol. The molecule has 16 heavy (non-hydrogen) atoms. The number of hydrogen-bond donors (Lipinski definition) is 1. The van der Waals surface area contributed by atoms with Gasteiger partial charge in [0.15, 0.2) is 0 Å². The number of hydrogen-bond acceptors (Lipinski definition) is 3. The van der Waals surface area contributed by atoms with E-state index in [1.54, 1.807) is 6.92 Å². The van der Waals surface area contributed by atoms with Gasteiger partial charge in [-0.3, -0.25) is 4.79 Å². The normalized spacial score (nSPS) is 12.6. The molecule has 1 atom stereocenters. The number of thioether (sulfide) groups is 1. The largest absolute Gasteiger partial charge is 0.480 e. The Hall–Kier alpha value is -1.55. The van der Waals surface area contributed by atoms with Crippen molar-refractivity contribution >= 4 is 28.6 Å². The van der Waals surface area contributed by atoms with Gasteiger partial charge in [0.1, 0.15) is 5.25 Å². The molecule has 2 rings (SSSR count). The number of benzene rings is 1. The molecule has 0 saturated carbocycles. The molecule has 0 amide bonds. The van der Waals surface area contributed by atoms with Crippen LogP contribution in [0.25, 0.3) is 10.9 Å². The van der Waals surface area contributed by atoms with Crippen molar-refractivity contribution in [1.29, 1.82) is 0 Å². The summed E-state index contributed by atoms with van der Waals surface area (Å²) in [7, 11) is 0. The average Bonchev–Trinajstić information content (AvgIpc) is 2.28. The van der Waals surface area contributed by atoms with Crippen molar-refractivity contribution in [2.24, 2.45) is 0 Å². The number of carboxylic acids is 1. The fraction of sp³-hybridized carbons (Fsp3) is 0.167. The smallest absolute Gasteiger partial charge is 0.316 e. The Morgan fingerprint density at radius 3 is 2.81 bits per heavy atom. The molecule has 1 N–H and O–H groups in total. The zero-order valence-electron chi connectivity index (χ0n) is 8.75. The minimum Gasteiger partial charge on any atom is -0.480 e. The Balaban J connectivity index is 2.29. The summed E-state index contributed by atoms with van der Waals surface area (Å²) in [4.78, 5) is 15.1. The third-order valence-electron chi connectivity index (χ3n) is 2.22. The second-order valence-electron chi connectivity index (χ2n) is 3.44. The van der Waals surface area contributed by atoms with Gasteiger partial charge in [-0.05, 0) is 19.1 Å². The summed E-state index contributed by atoms with van der Waals surface area (Å²) in [5, 5.41) is 10.1. The SMILES string of the molecule is C[C@@H](Sc1ccc2ccccc2n1)C(=O)O. The predicted molar refractivity (Wildman–Crippen MR) is 64.7 cm³/mol. The van der Waals surface area contributed by atoms with E-state index < -0.39 is 11.2 Å². The highest BCUT2D eigenvalue weighted by Crippen LogP contribution is 2.23. The predicted octanol–water partition coefficient (Wildman–Crippen LogP) is 2.80. The first-order valence-electron chi connectivity index (χ1n) is 4.92. The van der Waals surface area contributed by atoms with E-state index >= 15 is 0 Å². The molecule has 0 unspecified atom stereocenters. The lowest BCUT2D eigenvalue weighted by molar-refractivity contribution is -0.136. The summed E-state index contributed by atoms with van der Waals surface area (Å²) in [5.74, 6) is -0.819. The molecule has 3 nitrogen and oxygen atoms in total. The van der Waals surface area contributed by atoms with Crippen LogP contribution in [-0.2, 0) is 4.79 Å². The van der Waals surface area contributed by atoms with E-state index in [9.17, 15) is 4.79 Å². The van der Waals surface area contributed by atoms with Crippen LogP contribution >= 0.6 is 11.8 Å².